The standard InChI is InChI=1S/C30H36N2O2/c1-5-31(6-2)19-23-17-21-13-9-11-15-25(21)27(29(23)33)28-26-16-12-10-14-22(26)18-24(30(28)34)20-32(7-3)8-4/h9-18,33-34H,5-8,19-20H2,1-4H3. The summed E-state index contributed by atoms with van der Waals surface area (Å²) >= 11 is 0. The monoisotopic (exact) mass is 456 g/mol. The van der Waals surface area contributed by atoms with Crippen LogP contribution in [0.2, 0.25) is 0 Å². The fourth-order valence-electron chi connectivity index (χ4n) is 4.91. The predicted molar refractivity (Wildman–Crippen MR) is 143 cm³/mol. The first-order valence-corrected chi connectivity index (χ1v) is 12.4. The lowest BCUT2D eigenvalue weighted by Gasteiger charge is -2.24. The van der Waals surface area contributed by atoms with Crippen LogP contribution in [0.5, 0.6) is 11.5 Å². The normalized spacial score (nSPS) is 11.8. The summed E-state index contributed by atoms with van der Waals surface area (Å²) in [5, 5.41) is 27.4. The van der Waals surface area contributed by atoms with Crippen LogP contribution in [0.4, 0.5) is 0 Å². The van der Waals surface area contributed by atoms with E-state index in [0.717, 1.165) is 70.0 Å². The average molecular weight is 457 g/mol. The Morgan fingerprint density at radius 2 is 0.912 bits per heavy atom. The molecule has 0 heterocycles. The van der Waals surface area contributed by atoms with E-state index in [2.05, 4.69) is 61.8 Å². The van der Waals surface area contributed by atoms with Crippen molar-refractivity contribution in [2.24, 2.45) is 0 Å². The van der Waals surface area contributed by atoms with Crippen LogP contribution >= 0.6 is 0 Å². The quantitative estimate of drug-likeness (QED) is 0.292. The van der Waals surface area contributed by atoms with Crippen molar-refractivity contribution in [3.63, 3.8) is 0 Å². The van der Waals surface area contributed by atoms with Crippen molar-refractivity contribution in [2.45, 2.75) is 40.8 Å². The van der Waals surface area contributed by atoms with Gasteiger partial charge in [0, 0.05) is 35.3 Å². The lowest BCUT2D eigenvalue weighted by atomic mass is 9.88. The van der Waals surface area contributed by atoms with Gasteiger partial charge in [0.15, 0.2) is 0 Å². The number of hydrogen-bond acceptors (Lipinski definition) is 4. The molecule has 0 aliphatic heterocycles. The second-order valence-electron chi connectivity index (χ2n) is 8.88. The highest BCUT2D eigenvalue weighted by Gasteiger charge is 2.23. The molecular weight excluding hydrogens is 420 g/mol. The van der Waals surface area contributed by atoms with E-state index in [1.165, 1.54) is 0 Å². The number of phenols is 2. The minimum Gasteiger partial charge on any atom is -0.507 e. The van der Waals surface area contributed by atoms with Gasteiger partial charge in [-0.2, -0.15) is 0 Å². The second kappa shape index (κ2) is 10.5. The summed E-state index contributed by atoms with van der Waals surface area (Å²) in [5.74, 6) is 0.511. The third-order valence-electron chi connectivity index (χ3n) is 7.03. The summed E-state index contributed by atoms with van der Waals surface area (Å²) in [5.41, 5.74) is 3.20. The maximum absolute atomic E-state index is 11.7. The summed E-state index contributed by atoms with van der Waals surface area (Å²) in [6.07, 6.45) is 0. The topological polar surface area (TPSA) is 46.9 Å². The number of benzene rings is 4. The van der Waals surface area contributed by atoms with Crippen molar-refractivity contribution in [3.8, 4) is 22.6 Å². The highest BCUT2D eigenvalue weighted by molar-refractivity contribution is 6.10. The van der Waals surface area contributed by atoms with Crippen LogP contribution in [-0.2, 0) is 13.1 Å². The minimum atomic E-state index is 0.256. The van der Waals surface area contributed by atoms with Gasteiger partial charge in [-0.3, -0.25) is 9.80 Å². The van der Waals surface area contributed by atoms with E-state index in [1.807, 2.05) is 36.4 Å². The number of nitrogens with zero attached hydrogens (tertiary/aromatic N) is 2. The molecule has 0 unspecified atom stereocenters. The highest BCUT2D eigenvalue weighted by atomic mass is 16.3. The van der Waals surface area contributed by atoms with Gasteiger partial charge in [-0.1, -0.05) is 76.2 Å². The summed E-state index contributed by atoms with van der Waals surface area (Å²) in [6, 6.07) is 20.5. The van der Waals surface area contributed by atoms with Crippen molar-refractivity contribution in [3.05, 3.63) is 71.8 Å². The summed E-state index contributed by atoms with van der Waals surface area (Å²) < 4.78 is 0. The molecule has 0 aliphatic rings. The summed E-state index contributed by atoms with van der Waals surface area (Å²) in [6.45, 7) is 13.5. The molecule has 0 aromatic heterocycles. The molecule has 34 heavy (non-hydrogen) atoms. The fraction of sp³-hybridized carbons (Fsp3) is 0.333. The molecule has 0 amide bonds. The Morgan fingerprint density at radius 3 is 1.26 bits per heavy atom. The van der Waals surface area contributed by atoms with E-state index in [4.69, 9.17) is 0 Å². The van der Waals surface area contributed by atoms with Gasteiger partial charge >= 0.3 is 0 Å². The molecule has 0 spiro atoms. The Kier molecular flexibility index (Phi) is 7.40. The van der Waals surface area contributed by atoms with Gasteiger partial charge in [0.1, 0.15) is 11.5 Å². The Bertz CT molecular complexity index is 1190. The van der Waals surface area contributed by atoms with Crippen LogP contribution in [0, 0.1) is 0 Å². The van der Waals surface area contributed by atoms with E-state index < -0.39 is 0 Å². The maximum atomic E-state index is 11.7. The van der Waals surface area contributed by atoms with Crippen LogP contribution < -0.4 is 0 Å². The van der Waals surface area contributed by atoms with Crippen molar-refractivity contribution in [1.29, 1.82) is 0 Å². The zero-order valence-electron chi connectivity index (χ0n) is 20.8. The van der Waals surface area contributed by atoms with Crippen molar-refractivity contribution >= 4 is 21.5 Å². The number of phenolic OH excluding ortho intramolecular Hbond substituents is 2. The molecule has 2 N–H and O–H groups in total. The fourth-order valence-corrected chi connectivity index (χ4v) is 4.91. The molecule has 0 atom stereocenters. The minimum absolute atomic E-state index is 0.256. The molecule has 0 fully saturated rings. The second-order valence-corrected chi connectivity index (χ2v) is 8.88. The van der Waals surface area contributed by atoms with E-state index in [9.17, 15) is 10.2 Å². The first-order chi connectivity index (χ1) is 16.5. The molecular formula is C30H36N2O2. The maximum Gasteiger partial charge on any atom is 0.128 e. The van der Waals surface area contributed by atoms with Gasteiger partial charge in [0.2, 0.25) is 0 Å². The van der Waals surface area contributed by atoms with Crippen LogP contribution in [0.25, 0.3) is 32.7 Å². The first-order valence-electron chi connectivity index (χ1n) is 12.4. The van der Waals surface area contributed by atoms with Crippen LogP contribution in [-0.4, -0.2) is 46.2 Å². The molecule has 0 saturated carbocycles. The Labute approximate surface area is 203 Å². The molecule has 4 aromatic rings. The van der Waals surface area contributed by atoms with Crippen molar-refractivity contribution in [2.75, 3.05) is 26.2 Å². The van der Waals surface area contributed by atoms with Gasteiger partial charge in [0.05, 0.1) is 0 Å². The third-order valence-corrected chi connectivity index (χ3v) is 7.03. The Balaban J connectivity index is 2.05. The third kappa shape index (κ3) is 4.48. The number of hydrogen-bond donors (Lipinski definition) is 2. The van der Waals surface area contributed by atoms with Gasteiger partial charge in [-0.05, 0) is 59.9 Å². The zero-order valence-corrected chi connectivity index (χ0v) is 20.8. The molecule has 4 rings (SSSR count). The molecule has 0 bridgehead atoms. The number of fused-ring (bicyclic) bond motifs is 2. The number of aromatic hydroxyl groups is 2. The SMILES string of the molecule is CCN(CC)Cc1cc2ccccc2c(-c2c(O)c(CN(CC)CC)cc3ccccc23)c1O. The smallest absolute Gasteiger partial charge is 0.128 e. The molecule has 4 nitrogen and oxygen atoms in total. The largest absolute Gasteiger partial charge is 0.507 e. The van der Waals surface area contributed by atoms with Gasteiger partial charge in [-0.15, -0.1) is 0 Å². The van der Waals surface area contributed by atoms with E-state index in [0.29, 0.717) is 13.1 Å². The van der Waals surface area contributed by atoms with Gasteiger partial charge in [-0.25, -0.2) is 0 Å². The molecule has 4 aromatic carbocycles. The van der Waals surface area contributed by atoms with Crippen LogP contribution in [0.15, 0.2) is 60.7 Å². The van der Waals surface area contributed by atoms with E-state index in [-0.39, 0.29) is 11.5 Å². The summed E-state index contributed by atoms with van der Waals surface area (Å²) in [4.78, 5) is 4.59. The molecule has 4 heteroatoms. The molecule has 0 saturated heterocycles. The molecule has 178 valence electrons. The zero-order chi connectivity index (χ0) is 24.2. The van der Waals surface area contributed by atoms with E-state index in [1.54, 1.807) is 0 Å². The van der Waals surface area contributed by atoms with Crippen molar-refractivity contribution in [1.82, 2.24) is 9.80 Å². The lowest BCUT2D eigenvalue weighted by Crippen LogP contribution is -2.22. The predicted octanol–water partition coefficient (Wildman–Crippen LogP) is 6.75. The molecule has 0 radical (unpaired) electrons. The van der Waals surface area contributed by atoms with E-state index >= 15 is 0 Å². The van der Waals surface area contributed by atoms with Gasteiger partial charge < -0.3 is 10.2 Å². The van der Waals surface area contributed by atoms with Gasteiger partial charge in [0.25, 0.3) is 0 Å². The number of rotatable bonds is 9. The molecule has 0 aliphatic carbocycles. The van der Waals surface area contributed by atoms with Crippen molar-refractivity contribution < 1.29 is 10.2 Å². The highest BCUT2D eigenvalue weighted by Crippen LogP contribution is 2.47. The van der Waals surface area contributed by atoms with Crippen LogP contribution in [0.3, 0.4) is 0 Å². The Hall–Kier alpha value is -3.08. The summed E-state index contributed by atoms with van der Waals surface area (Å²) in [7, 11) is 0. The average Bonchev–Trinajstić information content (AvgIpc) is 2.87. The first kappa shape index (κ1) is 24.1. The lowest BCUT2D eigenvalue weighted by molar-refractivity contribution is 0.290. The Morgan fingerprint density at radius 1 is 0.559 bits per heavy atom. The van der Waals surface area contributed by atoms with Crippen LogP contribution in [0.1, 0.15) is 38.8 Å².